The maximum absolute atomic E-state index is 10.6. The summed E-state index contributed by atoms with van der Waals surface area (Å²) in [5.74, 6) is 0.794. The Kier molecular flexibility index (Phi) is 3.38. The molecule has 0 radical (unpaired) electrons. The van der Waals surface area contributed by atoms with Crippen LogP contribution >= 0.6 is 11.6 Å². The van der Waals surface area contributed by atoms with Crippen molar-refractivity contribution < 1.29 is 4.79 Å². The van der Waals surface area contributed by atoms with Crippen LogP contribution in [0.25, 0.3) is 5.78 Å². The molecule has 2 aromatic rings. The third-order valence-electron chi connectivity index (χ3n) is 2.13. The van der Waals surface area contributed by atoms with Crippen molar-refractivity contribution in [3.63, 3.8) is 0 Å². The fourth-order valence-corrected chi connectivity index (χ4v) is 1.57. The van der Waals surface area contributed by atoms with Gasteiger partial charge in [0.25, 0.3) is 5.78 Å². The Morgan fingerprint density at radius 1 is 1.59 bits per heavy atom. The second-order valence-electron chi connectivity index (χ2n) is 3.43. The fraction of sp³-hybridized carbons (Fsp3) is 0.333. The molecule has 3 N–H and O–H groups in total. The first-order chi connectivity index (χ1) is 8.16. The molecule has 2 heterocycles. The van der Waals surface area contributed by atoms with Crippen LogP contribution in [0.15, 0.2) is 12.4 Å². The Morgan fingerprint density at radius 2 is 2.41 bits per heavy atom. The Labute approximate surface area is 102 Å². The molecule has 0 aliphatic carbocycles. The van der Waals surface area contributed by atoms with Gasteiger partial charge in [-0.25, -0.2) is 0 Å². The molecule has 0 spiro atoms. The van der Waals surface area contributed by atoms with Gasteiger partial charge in [0.1, 0.15) is 17.3 Å². The summed E-state index contributed by atoms with van der Waals surface area (Å²) < 4.78 is 1.54. The van der Waals surface area contributed by atoms with E-state index in [2.05, 4.69) is 20.4 Å². The van der Waals surface area contributed by atoms with Crippen LogP contribution in [-0.4, -0.2) is 32.0 Å². The zero-order chi connectivity index (χ0) is 12.3. The van der Waals surface area contributed by atoms with Crippen molar-refractivity contribution in [3.05, 3.63) is 17.5 Å². The number of hydrogen-bond acceptors (Lipinski definition) is 5. The van der Waals surface area contributed by atoms with Gasteiger partial charge in [-0.2, -0.15) is 19.6 Å². The Balaban J connectivity index is 2.07. The molecule has 8 heteroatoms. The highest BCUT2D eigenvalue weighted by Crippen LogP contribution is 2.14. The molecule has 0 unspecified atom stereocenters. The molecule has 0 aliphatic heterocycles. The Hall–Kier alpha value is -1.89. The van der Waals surface area contributed by atoms with Crippen LogP contribution in [-0.2, 0) is 4.79 Å². The first-order valence-corrected chi connectivity index (χ1v) is 5.43. The number of fused-ring (bicyclic) bond motifs is 1. The molecule has 0 aliphatic rings. The summed E-state index contributed by atoms with van der Waals surface area (Å²) in [6.07, 6.45) is 2.38. The average Bonchev–Trinajstić information content (AvgIpc) is 2.71. The lowest BCUT2D eigenvalue weighted by Crippen LogP contribution is -2.13. The number of halogens is 1. The summed E-state index contributed by atoms with van der Waals surface area (Å²) in [6, 6.07) is 1.65. The molecule has 7 nitrogen and oxygen atoms in total. The average molecular weight is 255 g/mol. The molecule has 0 saturated heterocycles. The van der Waals surface area contributed by atoms with Crippen LogP contribution in [0.5, 0.6) is 0 Å². The number of primary amides is 1. The van der Waals surface area contributed by atoms with Gasteiger partial charge in [0, 0.05) is 19.0 Å². The predicted octanol–water partition coefficient (Wildman–Crippen LogP) is 0.455. The minimum absolute atomic E-state index is 0.314. The van der Waals surface area contributed by atoms with Crippen molar-refractivity contribution in [1.82, 2.24) is 19.6 Å². The lowest BCUT2D eigenvalue weighted by Gasteiger charge is -2.07. The maximum Gasteiger partial charge on any atom is 0.255 e. The standard InChI is InChI=1S/C9H11ClN6O/c10-6-4-8(12-3-1-2-7(11)17)16-9(15-6)13-5-14-16/h4-5,12H,1-3H2,(H2,11,17). The third kappa shape index (κ3) is 2.82. The van der Waals surface area contributed by atoms with Gasteiger partial charge in [0.15, 0.2) is 0 Å². The van der Waals surface area contributed by atoms with Crippen LogP contribution in [0, 0.1) is 0 Å². The van der Waals surface area contributed by atoms with Crippen molar-refractivity contribution >= 4 is 29.1 Å². The van der Waals surface area contributed by atoms with Gasteiger partial charge in [-0.05, 0) is 6.42 Å². The highest BCUT2D eigenvalue weighted by molar-refractivity contribution is 6.29. The number of aromatic nitrogens is 4. The number of hydrogen-bond donors (Lipinski definition) is 2. The molecule has 0 saturated carbocycles. The Morgan fingerprint density at radius 3 is 3.18 bits per heavy atom. The molecule has 0 aromatic carbocycles. The minimum Gasteiger partial charge on any atom is -0.370 e. The fourth-order valence-electron chi connectivity index (χ4n) is 1.39. The number of nitrogens with zero attached hydrogens (tertiary/aromatic N) is 4. The van der Waals surface area contributed by atoms with E-state index in [4.69, 9.17) is 17.3 Å². The summed E-state index contributed by atoms with van der Waals surface area (Å²) in [6.45, 7) is 0.595. The molecule has 17 heavy (non-hydrogen) atoms. The molecule has 0 fully saturated rings. The van der Waals surface area contributed by atoms with E-state index < -0.39 is 0 Å². The summed E-state index contributed by atoms with van der Waals surface area (Å²) in [5, 5.41) is 7.44. The second-order valence-corrected chi connectivity index (χ2v) is 3.82. The highest BCUT2D eigenvalue weighted by Gasteiger charge is 2.05. The molecule has 1 amide bonds. The van der Waals surface area contributed by atoms with Crippen molar-refractivity contribution in [3.8, 4) is 0 Å². The van der Waals surface area contributed by atoms with Crippen molar-refractivity contribution in [2.24, 2.45) is 5.73 Å². The highest BCUT2D eigenvalue weighted by atomic mass is 35.5. The molecule has 0 bridgehead atoms. The maximum atomic E-state index is 10.6. The summed E-state index contributed by atoms with van der Waals surface area (Å²) >= 11 is 5.84. The number of carbonyl (C=O) groups is 1. The van der Waals surface area contributed by atoms with Crippen LogP contribution in [0.1, 0.15) is 12.8 Å². The van der Waals surface area contributed by atoms with Gasteiger partial charge in [-0.3, -0.25) is 4.79 Å². The third-order valence-corrected chi connectivity index (χ3v) is 2.32. The SMILES string of the molecule is NC(=O)CCCNc1cc(Cl)nc2ncnn12. The number of amides is 1. The van der Waals surface area contributed by atoms with E-state index in [1.807, 2.05) is 0 Å². The van der Waals surface area contributed by atoms with Crippen LogP contribution in [0.3, 0.4) is 0 Å². The number of nitrogens with one attached hydrogen (secondary N) is 1. The van der Waals surface area contributed by atoms with E-state index in [1.165, 1.54) is 10.8 Å². The van der Waals surface area contributed by atoms with Crippen molar-refractivity contribution in [2.75, 3.05) is 11.9 Å². The zero-order valence-corrected chi connectivity index (χ0v) is 9.68. The van der Waals surface area contributed by atoms with Gasteiger partial charge < -0.3 is 11.1 Å². The lowest BCUT2D eigenvalue weighted by molar-refractivity contribution is -0.118. The van der Waals surface area contributed by atoms with E-state index in [0.29, 0.717) is 36.1 Å². The molecule has 90 valence electrons. The number of rotatable bonds is 5. The summed E-state index contributed by atoms with van der Waals surface area (Å²) in [7, 11) is 0. The molecule has 2 rings (SSSR count). The molecule has 2 aromatic heterocycles. The topological polar surface area (TPSA) is 98.2 Å². The predicted molar refractivity (Wildman–Crippen MR) is 62.7 cm³/mol. The van der Waals surface area contributed by atoms with Gasteiger partial charge in [0.05, 0.1) is 0 Å². The largest absolute Gasteiger partial charge is 0.370 e. The normalized spacial score (nSPS) is 10.6. The van der Waals surface area contributed by atoms with E-state index in [1.54, 1.807) is 6.07 Å². The van der Waals surface area contributed by atoms with Crippen LogP contribution in [0.2, 0.25) is 5.15 Å². The number of nitrogens with two attached hydrogens (primary N) is 1. The van der Waals surface area contributed by atoms with E-state index in [-0.39, 0.29) is 5.91 Å². The number of carbonyl (C=O) groups excluding carboxylic acids is 1. The molecule has 0 atom stereocenters. The smallest absolute Gasteiger partial charge is 0.255 e. The van der Waals surface area contributed by atoms with Gasteiger partial charge in [-0.1, -0.05) is 11.6 Å². The van der Waals surface area contributed by atoms with E-state index in [9.17, 15) is 4.79 Å². The molecular formula is C9H11ClN6O. The van der Waals surface area contributed by atoms with Crippen LogP contribution in [0.4, 0.5) is 5.82 Å². The quantitative estimate of drug-likeness (QED) is 0.596. The first-order valence-electron chi connectivity index (χ1n) is 5.05. The van der Waals surface area contributed by atoms with Crippen molar-refractivity contribution in [2.45, 2.75) is 12.8 Å². The Bertz CT molecular complexity index is 539. The van der Waals surface area contributed by atoms with E-state index >= 15 is 0 Å². The molecular weight excluding hydrogens is 244 g/mol. The monoisotopic (exact) mass is 254 g/mol. The zero-order valence-electron chi connectivity index (χ0n) is 8.93. The minimum atomic E-state index is -0.314. The summed E-state index contributed by atoms with van der Waals surface area (Å²) in [4.78, 5) is 18.5. The lowest BCUT2D eigenvalue weighted by atomic mass is 10.3. The van der Waals surface area contributed by atoms with E-state index in [0.717, 1.165) is 0 Å². The van der Waals surface area contributed by atoms with Crippen molar-refractivity contribution in [1.29, 1.82) is 0 Å². The van der Waals surface area contributed by atoms with Crippen LogP contribution < -0.4 is 11.1 Å². The first kappa shape index (κ1) is 11.6. The van der Waals surface area contributed by atoms with Gasteiger partial charge in [0.2, 0.25) is 5.91 Å². The van der Waals surface area contributed by atoms with Gasteiger partial charge >= 0.3 is 0 Å². The van der Waals surface area contributed by atoms with Gasteiger partial charge in [-0.15, -0.1) is 0 Å². The second kappa shape index (κ2) is 4.96. The number of anilines is 1. The summed E-state index contributed by atoms with van der Waals surface area (Å²) in [5.41, 5.74) is 5.04.